The van der Waals surface area contributed by atoms with Crippen molar-refractivity contribution in [3.8, 4) is 0 Å². The SMILES string of the molecule is CN1CC2(CCCCNC2)C1.Cl.Cl. The van der Waals surface area contributed by atoms with Crippen molar-refractivity contribution >= 4 is 24.8 Å². The molecule has 0 unspecified atom stereocenters. The first kappa shape index (κ1) is 13.5. The standard InChI is InChI=1S/C9H18N2.2ClH/c1-11-7-9(8-11)4-2-3-5-10-6-9;;/h10H,2-8H2,1H3;2*1H. The van der Waals surface area contributed by atoms with Crippen LogP contribution in [0, 0.1) is 5.41 Å². The van der Waals surface area contributed by atoms with E-state index in [0.29, 0.717) is 5.41 Å². The van der Waals surface area contributed by atoms with Crippen LogP contribution in [-0.4, -0.2) is 38.1 Å². The average molecular weight is 227 g/mol. The zero-order valence-corrected chi connectivity index (χ0v) is 9.85. The third-order valence-corrected chi connectivity index (χ3v) is 3.02. The third-order valence-electron chi connectivity index (χ3n) is 3.02. The summed E-state index contributed by atoms with van der Waals surface area (Å²) in [7, 11) is 2.22. The fourth-order valence-electron chi connectivity index (χ4n) is 2.56. The minimum atomic E-state index is 0. The second-order valence-electron chi connectivity index (χ2n) is 4.31. The molecule has 0 saturated carbocycles. The van der Waals surface area contributed by atoms with Crippen molar-refractivity contribution in [3.05, 3.63) is 0 Å². The minimum Gasteiger partial charge on any atom is -0.316 e. The van der Waals surface area contributed by atoms with E-state index in [9.17, 15) is 0 Å². The van der Waals surface area contributed by atoms with E-state index in [1.807, 2.05) is 0 Å². The normalized spacial score (nSPS) is 26.5. The molecule has 2 saturated heterocycles. The van der Waals surface area contributed by atoms with Crippen LogP contribution in [0.25, 0.3) is 0 Å². The fraction of sp³-hybridized carbons (Fsp3) is 1.00. The van der Waals surface area contributed by atoms with Crippen LogP contribution < -0.4 is 5.32 Å². The maximum absolute atomic E-state index is 3.53. The van der Waals surface area contributed by atoms with Crippen molar-refractivity contribution in [2.75, 3.05) is 33.2 Å². The van der Waals surface area contributed by atoms with Crippen molar-refractivity contribution in [1.82, 2.24) is 10.2 Å². The van der Waals surface area contributed by atoms with Crippen LogP contribution in [0.3, 0.4) is 0 Å². The summed E-state index contributed by atoms with van der Waals surface area (Å²) in [5.41, 5.74) is 0.672. The van der Waals surface area contributed by atoms with Crippen LogP contribution in [0.1, 0.15) is 19.3 Å². The molecule has 13 heavy (non-hydrogen) atoms. The zero-order valence-electron chi connectivity index (χ0n) is 8.21. The third kappa shape index (κ3) is 2.98. The summed E-state index contributed by atoms with van der Waals surface area (Å²) in [5, 5.41) is 3.53. The minimum absolute atomic E-state index is 0. The van der Waals surface area contributed by atoms with Crippen molar-refractivity contribution in [1.29, 1.82) is 0 Å². The molecule has 0 bridgehead atoms. The van der Waals surface area contributed by atoms with Gasteiger partial charge >= 0.3 is 0 Å². The van der Waals surface area contributed by atoms with Gasteiger partial charge in [0.2, 0.25) is 0 Å². The lowest BCUT2D eigenvalue weighted by molar-refractivity contribution is 0.0192. The molecule has 0 aromatic heterocycles. The average Bonchev–Trinajstić information content (AvgIpc) is 2.12. The van der Waals surface area contributed by atoms with Crippen molar-refractivity contribution in [2.24, 2.45) is 5.41 Å². The lowest BCUT2D eigenvalue weighted by Crippen LogP contribution is -2.58. The highest BCUT2D eigenvalue weighted by atomic mass is 35.5. The van der Waals surface area contributed by atoms with Gasteiger partial charge in [0.05, 0.1) is 0 Å². The molecule has 2 aliphatic heterocycles. The first-order valence-electron chi connectivity index (χ1n) is 4.70. The van der Waals surface area contributed by atoms with Gasteiger partial charge in [-0.05, 0) is 26.4 Å². The molecule has 2 aliphatic rings. The topological polar surface area (TPSA) is 15.3 Å². The molecule has 1 N–H and O–H groups in total. The Hall–Kier alpha value is 0.500. The van der Waals surface area contributed by atoms with E-state index in [2.05, 4.69) is 17.3 Å². The van der Waals surface area contributed by atoms with Crippen LogP contribution in [-0.2, 0) is 0 Å². The molecule has 0 aromatic rings. The number of nitrogens with zero attached hydrogens (tertiary/aromatic N) is 1. The second-order valence-corrected chi connectivity index (χ2v) is 4.31. The number of hydrogen-bond acceptors (Lipinski definition) is 2. The summed E-state index contributed by atoms with van der Waals surface area (Å²) in [5.74, 6) is 0. The second kappa shape index (κ2) is 5.40. The molecular weight excluding hydrogens is 207 g/mol. The highest BCUT2D eigenvalue weighted by Crippen LogP contribution is 2.34. The molecule has 2 fully saturated rings. The zero-order chi connectivity index (χ0) is 7.73. The largest absolute Gasteiger partial charge is 0.316 e. The smallest absolute Gasteiger partial charge is 0.00820 e. The Morgan fingerprint density at radius 3 is 2.46 bits per heavy atom. The molecule has 0 radical (unpaired) electrons. The maximum Gasteiger partial charge on any atom is 0.00820 e. The first-order valence-corrected chi connectivity index (χ1v) is 4.70. The predicted molar refractivity (Wildman–Crippen MR) is 61.1 cm³/mol. The Bertz CT molecular complexity index is 137. The number of hydrogen-bond donors (Lipinski definition) is 1. The molecule has 1 spiro atoms. The van der Waals surface area contributed by atoms with Gasteiger partial charge in [0.25, 0.3) is 0 Å². The number of halogens is 2. The summed E-state index contributed by atoms with van der Waals surface area (Å²) in [6.07, 6.45) is 4.26. The molecular formula is C9H20Cl2N2. The van der Waals surface area contributed by atoms with E-state index in [1.54, 1.807) is 0 Å². The predicted octanol–water partition coefficient (Wildman–Crippen LogP) is 1.54. The summed E-state index contributed by atoms with van der Waals surface area (Å²) in [4.78, 5) is 2.42. The lowest BCUT2D eigenvalue weighted by Gasteiger charge is -2.48. The Labute approximate surface area is 93.3 Å². The van der Waals surface area contributed by atoms with E-state index in [-0.39, 0.29) is 24.8 Å². The Morgan fingerprint density at radius 2 is 1.85 bits per heavy atom. The highest BCUT2D eigenvalue weighted by Gasteiger charge is 2.40. The van der Waals surface area contributed by atoms with Crippen LogP contribution in [0.2, 0.25) is 0 Å². The molecule has 4 heteroatoms. The molecule has 2 rings (SSSR count). The summed E-state index contributed by atoms with van der Waals surface area (Å²) < 4.78 is 0. The molecule has 0 amide bonds. The van der Waals surface area contributed by atoms with Crippen LogP contribution in [0.4, 0.5) is 0 Å². The van der Waals surface area contributed by atoms with Gasteiger partial charge in [-0.1, -0.05) is 6.42 Å². The van der Waals surface area contributed by atoms with Gasteiger partial charge in [-0.25, -0.2) is 0 Å². The van der Waals surface area contributed by atoms with E-state index in [4.69, 9.17) is 0 Å². The van der Waals surface area contributed by atoms with Crippen molar-refractivity contribution < 1.29 is 0 Å². The van der Waals surface area contributed by atoms with Gasteiger partial charge in [0, 0.05) is 25.0 Å². The number of nitrogens with one attached hydrogen (secondary N) is 1. The van der Waals surface area contributed by atoms with E-state index in [0.717, 1.165) is 0 Å². The highest BCUT2D eigenvalue weighted by molar-refractivity contribution is 5.85. The summed E-state index contributed by atoms with van der Waals surface area (Å²) >= 11 is 0. The number of rotatable bonds is 0. The van der Waals surface area contributed by atoms with E-state index >= 15 is 0 Å². The molecule has 2 heterocycles. The van der Waals surface area contributed by atoms with Gasteiger partial charge in [-0.15, -0.1) is 24.8 Å². The molecule has 0 atom stereocenters. The Morgan fingerprint density at radius 1 is 1.15 bits per heavy atom. The van der Waals surface area contributed by atoms with E-state index < -0.39 is 0 Å². The Kier molecular flexibility index (Phi) is 5.61. The summed E-state index contributed by atoms with van der Waals surface area (Å²) in [6, 6.07) is 0. The van der Waals surface area contributed by atoms with Gasteiger partial charge in [-0.3, -0.25) is 0 Å². The monoisotopic (exact) mass is 226 g/mol. The van der Waals surface area contributed by atoms with Crippen molar-refractivity contribution in [2.45, 2.75) is 19.3 Å². The van der Waals surface area contributed by atoms with Crippen molar-refractivity contribution in [3.63, 3.8) is 0 Å². The lowest BCUT2D eigenvalue weighted by atomic mass is 9.76. The van der Waals surface area contributed by atoms with Gasteiger partial charge < -0.3 is 10.2 Å². The Balaban J connectivity index is 0.000000720. The van der Waals surface area contributed by atoms with Crippen LogP contribution in [0.15, 0.2) is 0 Å². The first-order chi connectivity index (χ1) is 5.31. The molecule has 80 valence electrons. The van der Waals surface area contributed by atoms with Gasteiger partial charge in [0.1, 0.15) is 0 Å². The number of likely N-dealkylation sites (tertiary alicyclic amines) is 1. The molecule has 2 nitrogen and oxygen atoms in total. The van der Waals surface area contributed by atoms with E-state index in [1.165, 1.54) is 45.4 Å². The van der Waals surface area contributed by atoms with Crippen LogP contribution in [0.5, 0.6) is 0 Å². The maximum atomic E-state index is 3.53. The van der Waals surface area contributed by atoms with Gasteiger partial charge in [0.15, 0.2) is 0 Å². The fourth-order valence-corrected chi connectivity index (χ4v) is 2.56. The quantitative estimate of drug-likeness (QED) is 0.675. The summed E-state index contributed by atoms with van der Waals surface area (Å²) in [6.45, 7) is 5.14. The van der Waals surface area contributed by atoms with Gasteiger partial charge in [-0.2, -0.15) is 0 Å². The molecule has 0 aromatic carbocycles. The molecule has 0 aliphatic carbocycles. The van der Waals surface area contributed by atoms with Crippen LogP contribution >= 0.6 is 24.8 Å².